The van der Waals surface area contributed by atoms with Crippen molar-refractivity contribution in [3.63, 3.8) is 0 Å². The highest BCUT2D eigenvalue weighted by atomic mass is 19.4. The molecule has 1 aromatic rings. The maximum atomic E-state index is 12.9. The Hall–Kier alpha value is -1.76. The molecule has 1 fully saturated rings. The molecule has 0 aromatic heterocycles. The minimum atomic E-state index is -4.39. The number of alkyl halides is 3. The lowest BCUT2D eigenvalue weighted by atomic mass is 9.96. The lowest BCUT2D eigenvalue weighted by molar-refractivity contribution is -0.137. The molecule has 0 unspecified atom stereocenters. The number of nitrogens with zero attached hydrogens (tertiary/aromatic N) is 1. The Balaban J connectivity index is 2.12. The molecule has 0 radical (unpaired) electrons. The Morgan fingerprint density at radius 1 is 1.30 bits per heavy atom. The van der Waals surface area contributed by atoms with Crippen LogP contribution in [0.3, 0.4) is 0 Å². The highest BCUT2D eigenvalue weighted by Gasteiger charge is 2.33. The van der Waals surface area contributed by atoms with Gasteiger partial charge in [-0.1, -0.05) is 0 Å². The molecule has 0 N–H and O–H groups in total. The van der Waals surface area contributed by atoms with E-state index in [0.717, 1.165) is 12.1 Å². The first-order valence-electron chi connectivity index (χ1n) is 7.36. The maximum Gasteiger partial charge on any atom is 0.416 e. The molecule has 1 aromatic carbocycles. The van der Waals surface area contributed by atoms with Crippen LogP contribution in [-0.4, -0.2) is 44.7 Å². The largest absolute Gasteiger partial charge is 0.496 e. The fraction of sp³-hybridized carbons (Fsp3) is 0.562. The Kier molecular flexibility index (Phi) is 5.51. The maximum absolute atomic E-state index is 12.9. The van der Waals surface area contributed by atoms with Crippen molar-refractivity contribution in [1.82, 2.24) is 4.90 Å². The third-order valence-corrected chi connectivity index (χ3v) is 3.98. The van der Waals surface area contributed by atoms with Gasteiger partial charge in [0.05, 0.1) is 19.3 Å². The molecule has 0 spiro atoms. The van der Waals surface area contributed by atoms with Gasteiger partial charge in [0.1, 0.15) is 5.75 Å². The van der Waals surface area contributed by atoms with Crippen molar-refractivity contribution in [3.05, 3.63) is 29.3 Å². The van der Waals surface area contributed by atoms with E-state index in [0.29, 0.717) is 43.9 Å². The average Bonchev–Trinajstić information content (AvgIpc) is 2.84. The SMILES string of the molecule is COCCN1C[C@H](Cc2cc(C(F)(F)F)ccc2OC)CC1=O. The molecule has 0 bridgehead atoms. The molecular weight excluding hydrogens is 311 g/mol. The summed E-state index contributed by atoms with van der Waals surface area (Å²) in [6.45, 7) is 1.48. The third kappa shape index (κ3) is 4.37. The smallest absolute Gasteiger partial charge is 0.416 e. The lowest BCUT2D eigenvalue weighted by Crippen LogP contribution is -2.28. The van der Waals surface area contributed by atoms with E-state index in [1.165, 1.54) is 13.2 Å². The zero-order chi connectivity index (χ0) is 17.0. The summed E-state index contributed by atoms with van der Waals surface area (Å²) in [5.41, 5.74) is -0.220. The van der Waals surface area contributed by atoms with Crippen LogP contribution in [0.15, 0.2) is 18.2 Å². The van der Waals surface area contributed by atoms with E-state index >= 15 is 0 Å². The summed E-state index contributed by atoms with van der Waals surface area (Å²) < 4.78 is 48.7. The van der Waals surface area contributed by atoms with E-state index < -0.39 is 11.7 Å². The summed E-state index contributed by atoms with van der Waals surface area (Å²) in [5.74, 6) is 0.413. The normalized spacial score (nSPS) is 18.6. The summed E-state index contributed by atoms with van der Waals surface area (Å²) in [7, 11) is 2.99. The van der Waals surface area contributed by atoms with Gasteiger partial charge in [-0.2, -0.15) is 13.2 Å². The first-order valence-corrected chi connectivity index (χ1v) is 7.36. The van der Waals surface area contributed by atoms with Crippen LogP contribution in [0.25, 0.3) is 0 Å². The number of carbonyl (C=O) groups excluding carboxylic acids is 1. The fourth-order valence-corrected chi connectivity index (χ4v) is 2.83. The van der Waals surface area contributed by atoms with Crippen LogP contribution in [-0.2, 0) is 22.1 Å². The van der Waals surface area contributed by atoms with Crippen molar-refractivity contribution in [2.75, 3.05) is 33.9 Å². The molecule has 1 aliphatic heterocycles. The predicted octanol–water partition coefficient (Wildman–Crippen LogP) is 2.75. The van der Waals surface area contributed by atoms with Gasteiger partial charge in [0.15, 0.2) is 0 Å². The Morgan fingerprint density at radius 2 is 2.04 bits per heavy atom. The molecule has 4 nitrogen and oxygen atoms in total. The average molecular weight is 331 g/mol. The van der Waals surface area contributed by atoms with E-state index in [1.54, 1.807) is 12.0 Å². The number of ether oxygens (including phenoxy) is 2. The topological polar surface area (TPSA) is 38.8 Å². The van der Waals surface area contributed by atoms with Gasteiger partial charge < -0.3 is 14.4 Å². The summed E-state index contributed by atoms with van der Waals surface area (Å²) in [4.78, 5) is 13.6. The fourth-order valence-electron chi connectivity index (χ4n) is 2.83. The van der Waals surface area contributed by atoms with E-state index in [9.17, 15) is 18.0 Å². The predicted molar refractivity (Wildman–Crippen MR) is 78.3 cm³/mol. The van der Waals surface area contributed by atoms with E-state index in [4.69, 9.17) is 9.47 Å². The highest BCUT2D eigenvalue weighted by Crippen LogP contribution is 2.34. The van der Waals surface area contributed by atoms with E-state index in [-0.39, 0.29) is 11.8 Å². The minimum absolute atomic E-state index is 0.0120. The van der Waals surface area contributed by atoms with Crippen LogP contribution in [0, 0.1) is 5.92 Å². The third-order valence-electron chi connectivity index (χ3n) is 3.98. The monoisotopic (exact) mass is 331 g/mol. The number of hydrogen-bond donors (Lipinski definition) is 0. The van der Waals surface area contributed by atoms with Gasteiger partial charge in [-0.15, -0.1) is 0 Å². The zero-order valence-electron chi connectivity index (χ0n) is 13.2. The zero-order valence-corrected chi connectivity index (χ0v) is 13.2. The quantitative estimate of drug-likeness (QED) is 0.805. The first kappa shape index (κ1) is 17.6. The van der Waals surface area contributed by atoms with Gasteiger partial charge >= 0.3 is 6.18 Å². The van der Waals surface area contributed by atoms with Gasteiger partial charge in [0, 0.05) is 26.6 Å². The van der Waals surface area contributed by atoms with Gasteiger partial charge in [0.25, 0.3) is 0 Å². The number of methoxy groups -OCH3 is 2. The second-order valence-corrected chi connectivity index (χ2v) is 5.63. The molecule has 7 heteroatoms. The molecule has 1 heterocycles. The number of benzene rings is 1. The highest BCUT2D eigenvalue weighted by molar-refractivity contribution is 5.78. The molecule has 1 saturated heterocycles. The van der Waals surface area contributed by atoms with Crippen molar-refractivity contribution >= 4 is 5.91 Å². The lowest BCUT2D eigenvalue weighted by Gasteiger charge is -2.17. The van der Waals surface area contributed by atoms with Crippen LogP contribution in [0.2, 0.25) is 0 Å². The van der Waals surface area contributed by atoms with Crippen LogP contribution >= 0.6 is 0 Å². The van der Waals surface area contributed by atoms with Crippen molar-refractivity contribution in [3.8, 4) is 5.75 Å². The van der Waals surface area contributed by atoms with Gasteiger partial charge in [-0.25, -0.2) is 0 Å². The van der Waals surface area contributed by atoms with Crippen LogP contribution in [0.4, 0.5) is 13.2 Å². The standard InChI is InChI=1S/C16H20F3NO3/c1-22-6-5-20-10-11(8-15(20)21)7-12-9-13(16(17,18)19)3-4-14(12)23-2/h3-4,9,11H,5-8,10H2,1-2H3/t11-/m1/s1. The van der Waals surface area contributed by atoms with Gasteiger partial charge in [0.2, 0.25) is 5.91 Å². The first-order chi connectivity index (χ1) is 10.8. The van der Waals surface area contributed by atoms with Crippen molar-refractivity contribution in [1.29, 1.82) is 0 Å². The molecule has 23 heavy (non-hydrogen) atoms. The van der Waals surface area contributed by atoms with Crippen molar-refractivity contribution < 1.29 is 27.4 Å². The summed E-state index contributed by atoms with van der Waals surface area (Å²) >= 11 is 0. The van der Waals surface area contributed by atoms with Crippen LogP contribution in [0.1, 0.15) is 17.5 Å². The Morgan fingerprint density at radius 3 is 2.65 bits per heavy atom. The molecule has 0 saturated carbocycles. The molecule has 1 amide bonds. The Bertz CT molecular complexity index is 560. The molecule has 2 rings (SSSR count). The second-order valence-electron chi connectivity index (χ2n) is 5.63. The summed E-state index contributed by atoms with van der Waals surface area (Å²) in [6, 6.07) is 3.45. The minimum Gasteiger partial charge on any atom is -0.496 e. The molecule has 1 atom stereocenters. The number of likely N-dealkylation sites (tertiary alicyclic amines) is 1. The number of amides is 1. The number of halogens is 3. The summed E-state index contributed by atoms with van der Waals surface area (Å²) in [6.07, 6.45) is -3.68. The van der Waals surface area contributed by atoms with E-state index in [1.807, 2.05) is 0 Å². The second kappa shape index (κ2) is 7.21. The number of carbonyl (C=O) groups is 1. The van der Waals surface area contributed by atoms with Gasteiger partial charge in [-0.05, 0) is 36.1 Å². The molecule has 128 valence electrons. The van der Waals surface area contributed by atoms with Crippen molar-refractivity contribution in [2.45, 2.75) is 19.0 Å². The molecule has 0 aliphatic carbocycles. The molecule has 1 aliphatic rings. The van der Waals surface area contributed by atoms with Crippen LogP contribution < -0.4 is 4.74 Å². The number of rotatable bonds is 6. The number of hydrogen-bond acceptors (Lipinski definition) is 3. The Labute approximate surface area is 133 Å². The van der Waals surface area contributed by atoms with Gasteiger partial charge in [-0.3, -0.25) is 4.79 Å². The molecular formula is C16H20F3NO3. The van der Waals surface area contributed by atoms with Crippen molar-refractivity contribution in [2.24, 2.45) is 5.92 Å². The van der Waals surface area contributed by atoms with Crippen LogP contribution in [0.5, 0.6) is 5.75 Å². The summed E-state index contributed by atoms with van der Waals surface area (Å²) in [5, 5.41) is 0. The van der Waals surface area contributed by atoms with E-state index in [2.05, 4.69) is 0 Å².